The Morgan fingerprint density at radius 3 is 1.33 bits per heavy atom. The number of carbonyl (C=O) groups excluding carboxylic acids is 2. The van der Waals surface area contributed by atoms with Crippen LogP contribution in [0.1, 0.15) is 37.4 Å². The third-order valence-corrected chi connectivity index (χ3v) is 6.46. The van der Waals surface area contributed by atoms with Gasteiger partial charge in [-0.3, -0.25) is 0 Å². The fourth-order valence-corrected chi connectivity index (χ4v) is 3.89. The molecule has 0 aliphatic heterocycles. The van der Waals surface area contributed by atoms with Crippen molar-refractivity contribution < 1.29 is 19.1 Å². The Bertz CT molecular complexity index is 1570. The van der Waals surface area contributed by atoms with Crippen LogP contribution in [0.25, 0.3) is 6.08 Å². The van der Waals surface area contributed by atoms with Crippen LogP contribution in [-0.2, 0) is 0 Å². The standard InChI is InChI=1S/C24H31N11O4/c1-4-7-9(13(28)16(31)15(30)11(7)26)24(37)39-22-20(35)18(33)17(32)19(34)21(22)38-23(36)8-5(2)6(3)10(25)14(29)12(8)27/h4H,1,25-35H2,2-3H3. The zero-order valence-electron chi connectivity index (χ0n) is 21.3. The largest absolute Gasteiger partial charge is 0.416 e. The van der Waals surface area contributed by atoms with Crippen molar-refractivity contribution in [3.8, 4) is 11.5 Å². The molecule has 0 unspecified atom stereocenters. The summed E-state index contributed by atoms with van der Waals surface area (Å²) < 4.78 is 11.0. The van der Waals surface area contributed by atoms with Gasteiger partial charge in [-0.15, -0.1) is 0 Å². The predicted octanol–water partition coefficient (Wildman–Crippen LogP) is 0.789. The number of ether oxygens (including phenoxy) is 2. The van der Waals surface area contributed by atoms with Crippen LogP contribution in [0, 0.1) is 13.8 Å². The molecule has 15 nitrogen and oxygen atoms in total. The van der Waals surface area contributed by atoms with E-state index in [2.05, 4.69) is 6.58 Å². The Morgan fingerprint density at radius 1 is 0.513 bits per heavy atom. The van der Waals surface area contributed by atoms with Gasteiger partial charge in [-0.1, -0.05) is 12.7 Å². The first kappa shape index (κ1) is 27.7. The Morgan fingerprint density at radius 2 is 0.872 bits per heavy atom. The summed E-state index contributed by atoms with van der Waals surface area (Å²) >= 11 is 0. The second kappa shape index (κ2) is 9.55. The number of hydrogen-bond donors (Lipinski definition) is 11. The summed E-state index contributed by atoms with van der Waals surface area (Å²) in [6, 6.07) is 0. The molecule has 0 atom stereocenters. The Balaban J connectivity index is 2.21. The number of benzene rings is 3. The molecule has 0 spiro atoms. The molecule has 0 fully saturated rings. The number of esters is 2. The van der Waals surface area contributed by atoms with Gasteiger partial charge in [0.05, 0.1) is 62.3 Å². The van der Waals surface area contributed by atoms with Gasteiger partial charge in [-0.25, -0.2) is 9.59 Å². The van der Waals surface area contributed by atoms with Gasteiger partial charge in [0, 0.05) is 5.56 Å². The van der Waals surface area contributed by atoms with E-state index in [0.717, 1.165) is 0 Å². The molecule has 0 aliphatic carbocycles. The Kier molecular flexibility index (Phi) is 6.79. The van der Waals surface area contributed by atoms with Gasteiger partial charge < -0.3 is 72.5 Å². The van der Waals surface area contributed by atoms with Gasteiger partial charge in [-0.2, -0.15) is 0 Å². The lowest BCUT2D eigenvalue weighted by Gasteiger charge is -2.21. The topological polar surface area (TPSA) is 339 Å². The lowest BCUT2D eigenvalue weighted by molar-refractivity contribution is 0.0685. The third-order valence-electron chi connectivity index (χ3n) is 6.46. The Labute approximate surface area is 222 Å². The summed E-state index contributed by atoms with van der Waals surface area (Å²) in [5.74, 6) is -3.23. The summed E-state index contributed by atoms with van der Waals surface area (Å²) in [5, 5.41) is 0. The fraction of sp³-hybridized carbons (Fsp3) is 0.0833. The van der Waals surface area contributed by atoms with Crippen molar-refractivity contribution in [1.29, 1.82) is 0 Å². The normalized spacial score (nSPS) is 10.7. The molecule has 22 N–H and O–H groups in total. The lowest BCUT2D eigenvalue weighted by atomic mass is 9.98. The monoisotopic (exact) mass is 537 g/mol. The maximum atomic E-state index is 13.4. The molecule has 3 aromatic carbocycles. The van der Waals surface area contributed by atoms with E-state index in [4.69, 9.17) is 72.5 Å². The first-order chi connectivity index (χ1) is 18.1. The molecular formula is C24H31N11O4. The highest BCUT2D eigenvalue weighted by Crippen LogP contribution is 2.49. The minimum Gasteiger partial charge on any atom is -0.416 e. The second-order valence-electron chi connectivity index (χ2n) is 8.61. The molecule has 0 aliphatic rings. The van der Waals surface area contributed by atoms with Crippen molar-refractivity contribution in [3.63, 3.8) is 0 Å². The van der Waals surface area contributed by atoms with Crippen molar-refractivity contribution in [2.75, 3.05) is 63.1 Å². The van der Waals surface area contributed by atoms with Crippen molar-refractivity contribution in [2.45, 2.75) is 13.8 Å². The molecule has 15 heteroatoms. The van der Waals surface area contributed by atoms with Crippen molar-refractivity contribution in [1.82, 2.24) is 0 Å². The molecule has 0 heterocycles. The van der Waals surface area contributed by atoms with E-state index in [-0.39, 0.29) is 79.3 Å². The van der Waals surface area contributed by atoms with Crippen molar-refractivity contribution >= 4 is 80.6 Å². The quantitative estimate of drug-likeness (QED) is 0.122. The van der Waals surface area contributed by atoms with Gasteiger partial charge in [0.2, 0.25) is 11.5 Å². The van der Waals surface area contributed by atoms with Crippen LogP contribution in [0.3, 0.4) is 0 Å². The average Bonchev–Trinajstić information content (AvgIpc) is 2.90. The van der Waals surface area contributed by atoms with E-state index in [1.165, 1.54) is 6.08 Å². The van der Waals surface area contributed by atoms with Crippen molar-refractivity contribution in [3.05, 3.63) is 34.4 Å². The van der Waals surface area contributed by atoms with Crippen LogP contribution in [0.4, 0.5) is 62.6 Å². The third kappa shape index (κ3) is 4.12. The molecule has 39 heavy (non-hydrogen) atoms. The summed E-state index contributed by atoms with van der Waals surface area (Å²) in [6.07, 6.45) is 1.23. The van der Waals surface area contributed by atoms with E-state index in [9.17, 15) is 9.59 Å². The molecule has 3 aromatic rings. The number of hydrogen-bond acceptors (Lipinski definition) is 15. The highest BCUT2D eigenvalue weighted by atomic mass is 16.6. The molecule has 0 amide bonds. The SMILES string of the molecule is C=Cc1c(N)c(N)c(N)c(N)c1C(=O)Oc1c(N)c(N)c(N)c(N)c1OC(=O)c1c(C)c(C)c(N)c(N)c1N. The highest BCUT2D eigenvalue weighted by molar-refractivity contribution is 6.10. The van der Waals surface area contributed by atoms with E-state index in [0.29, 0.717) is 11.1 Å². The highest BCUT2D eigenvalue weighted by Gasteiger charge is 2.30. The first-order valence-electron chi connectivity index (χ1n) is 11.1. The smallest absolute Gasteiger partial charge is 0.346 e. The number of nitrogens with two attached hydrogens (primary N) is 11. The minimum atomic E-state index is -1.13. The van der Waals surface area contributed by atoms with Crippen LogP contribution >= 0.6 is 0 Å². The molecular weight excluding hydrogens is 506 g/mol. The average molecular weight is 538 g/mol. The molecule has 0 saturated carbocycles. The van der Waals surface area contributed by atoms with Crippen LogP contribution in [0.5, 0.6) is 11.5 Å². The Hall–Kier alpha value is -5.86. The van der Waals surface area contributed by atoms with Gasteiger partial charge in [0.25, 0.3) is 0 Å². The van der Waals surface area contributed by atoms with Gasteiger partial charge >= 0.3 is 11.9 Å². The zero-order valence-corrected chi connectivity index (χ0v) is 21.3. The van der Waals surface area contributed by atoms with E-state index >= 15 is 0 Å². The summed E-state index contributed by atoms with van der Waals surface area (Å²) in [4.78, 5) is 26.7. The molecule has 3 rings (SSSR count). The molecule has 0 aromatic heterocycles. The summed E-state index contributed by atoms with van der Waals surface area (Å²) in [7, 11) is 0. The number of nitrogen functional groups attached to an aromatic ring is 11. The zero-order chi connectivity index (χ0) is 29.7. The van der Waals surface area contributed by atoms with Crippen LogP contribution in [-0.4, -0.2) is 11.9 Å². The minimum absolute atomic E-state index is 0.0213. The summed E-state index contributed by atoms with van der Waals surface area (Å²) in [5.41, 5.74) is 64.8. The fourth-order valence-electron chi connectivity index (χ4n) is 3.89. The number of anilines is 11. The lowest BCUT2D eigenvalue weighted by Crippen LogP contribution is -2.21. The molecule has 0 radical (unpaired) electrons. The van der Waals surface area contributed by atoms with Gasteiger partial charge in [0.15, 0.2) is 0 Å². The maximum absolute atomic E-state index is 13.4. The van der Waals surface area contributed by atoms with E-state index < -0.39 is 23.4 Å². The van der Waals surface area contributed by atoms with Crippen molar-refractivity contribution in [2.24, 2.45) is 0 Å². The summed E-state index contributed by atoms with van der Waals surface area (Å²) in [6.45, 7) is 6.85. The number of carbonyl (C=O) groups is 2. The first-order valence-corrected chi connectivity index (χ1v) is 11.1. The maximum Gasteiger partial charge on any atom is 0.346 e. The van der Waals surface area contributed by atoms with Crippen LogP contribution in [0.2, 0.25) is 0 Å². The van der Waals surface area contributed by atoms with Crippen LogP contribution < -0.4 is 72.5 Å². The van der Waals surface area contributed by atoms with E-state index in [1.807, 2.05) is 0 Å². The molecule has 0 saturated heterocycles. The van der Waals surface area contributed by atoms with Crippen LogP contribution in [0.15, 0.2) is 6.58 Å². The predicted molar refractivity (Wildman–Crippen MR) is 157 cm³/mol. The van der Waals surface area contributed by atoms with Gasteiger partial charge in [0.1, 0.15) is 11.4 Å². The molecule has 0 bridgehead atoms. The van der Waals surface area contributed by atoms with E-state index in [1.54, 1.807) is 13.8 Å². The van der Waals surface area contributed by atoms with Gasteiger partial charge in [-0.05, 0) is 25.0 Å². The number of rotatable bonds is 5. The second-order valence-corrected chi connectivity index (χ2v) is 8.61. The molecule has 206 valence electrons.